The summed E-state index contributed by atoms with van der Waals surface area (Å²) in [6, 6.07) is -0.531. The van der Waals surface area contributed by atoms with E-state index in [0.29, 0.717) is 12.8 Å². The first-order valence-corrected chi connectivity index (χ1v) is 20.9. The second-order valence-corrected chi connectivity index (χ2v) is 14.4. The summed E-state index contributed by atoms with van der Waals surface area (Å²) in [6.45, 7) is 4.36. The van der Waals surface area contributed by atoms with E-state index in [2.05, 4.69) is 31.3 Å². The molecule has 0 aromatic rings. The number of aliphatic hydroxyl groups is 2. The second kappa shape index (κ2) is 38.6. The van der Waals surface area contributed by atoms with Gasteiger partial charge in [-0.05, 0) is 38.5 Å². The van der Waals surface area contributed by atoms with Gasteiger partial charge in [-0.2, -0.15) is 0 Å². The smallest absolute Gasteiger partial charge is 0.220 e. The van der Waals surface area contributed by atoms with Gasteiger partial charge in [0, 0.05) is 6.42 Å². The molecule has 3 N–H and O–H groups in total. The fourth-order valence-electron chi connectivity index (χ4n) is 6.53. The van der Waals surface area contributed by atoms with Gasteiger partial charge in [-0.25, -0.2) is 0 Å². The highest BCUT2D eigenvalue weighted by Crippen LogP contribution is 2.16. The number of amides is 1. The molecule has 0 saturated heterocycles. The summed E-state index contributed by atoms with van der Waals surface area (Å²) in [4.78, 5) is 12.4. The zero-order valence-electron chi connectivity index (χ0n) is 31.4. The topological polar surface area (TPSA) is 69.6 Å². The average molecular weight is 650 g/mol. The first-order chi connectivity index (χ1) is 22.7. The molecule has 0 aliphatic heterocycles. The van der Waals surface area contributed by atoms with Crippen molar-refractivity contribution in [1.82, 2.24) is 5.32 Å². The largest absolute Gasteiger partial charge is 0.394 e. The number of allylic oxidation sites excluding steroid dienone is 2. The van der Waals surface area contributed by atoms with Gasteiger partial charge in [-0.3, -0.25) is 4.79 Å². The Balaban J connectivity index is 3.49. The van der Waals surface area contributed by atoms with E-state index in [-0.39, 0.29) is 12.5 Å². The molecule has 1 amide bonds. The van der Waals surface area contributed by atoms with E-state index in [0.717, 1.165) is 25.7 Å². The van der Waals surface area contributed by atoms with Gasteiger partial charge < -0.3 is 15.5 Å². The van der Waals surface area contributed by atoms with Crippen LogP contribution in [-0.2, 0) is 4.79 Å². The predicted octanol–water partition coefficient (Wildman–Crippen LogP) is 12.7. The Morgan fingerprint density at radius 1 is 0.500 bits per heavy atom. The molecule has 0 fully saturated rings. The standard InChI is InChI=1S/C42H83NO3/c1-3-5-7-9-11-13-15-17-18-19-20-21-22-23-24-26-28-30-32-34-36-38-42(46)43-40(39-44)41(45)37-35-33-31-29-27-25-16-14-12-10-8-6-4-2/h17-18,40-41,44-45H,3-16,19-39H2,1-2H3,(H,43,46)/b18-17-/t40-,41+/m0/s1. The summed E-state index contributed by atoms with van der Waals surface area (Å²) in [5, 5.41) is 23.1. The Labute approximate surface area is 288 Å². The van der Waals surface area contributed by atoms with Crippen molar-refractivity contribution in [2.75, 3.05) is 6.61 Å². The molecular formula is C42H83NO3. The fourth-order valence-corrected chi connectivity index (χ4v) is 6.53. The predicted molar refractivity (Wildman–Crippen MR) is 202 cm³/mol. The lowest BCUT2D eigenvalue weighted by Gasteiger charge is -2.22. The number of hydrogen-bond donors (Lipinski definition) is 3. The Kier molecular flexibility index (Phi) is 37.8. The van der Waals surface area contributed by atoms with Crippen molar-refractivity contribution in [2.45, 2.75) is 244 Å². The van der Waals surface area contributed by atoms with Crippen LogP contribution in [0.4, 0.5) is 0 Å². The summed E-state index contributed by atoms with van der Waals surface area (Å²) in [6.07, 6.45) is 47.1. The maximum atomic E-state index is 12.4. The molecule has 0 saturated carbocycles. The van der Waals surface area contributed by atoms with Crippen LogP contribution < -0.4 is 5.32 Å². The zero-order valence-corrected chi connectivity index (χ0v) is 31.4. The van der Waals surface area contributed by atoms with E-state index in [1.54, 1.807) is 0 Å². The molecule has 0 aromatic heterocycles. The third kappa shape index (κ3) is 34.5. The summed E-state index contributed by atoms with van der Waals surface area (Å²) >= 11 is 0. The van der Waals surface area contributed by atoms with Crippen LogP contribution in [0.5, 0.6) is 0 Å². The maximum Gasteiger partial charge on any atom is 0.220 e. The Morgan fingerprint density at radius 2 is 0.826 bits per heavy atom. The van der Waals surface area contributed by atoms with Crippen molar-refractivity contribution in [2.24, 2.45) is 0 Å². The van der Waals surface area contributed by atoms with Crippen LogP contribution in [0.1, 0.15) is 232 Å². The van der Waals surface area contributed by atoms with E-state index in [1.807, 2.05) is 0 Å². The number of aliphatic hydroxyl groups excluding tert-OH is 2. The van der Waals surface area contributed by atoms with Gasteiger partial charge in [0.2, 0.25) is 5.91 Å². The number of hydrogen-bond acceptors (Lipinski definition) is 3. The third-order valence-corrected chi connectivity index (χ3v) is 9.78. The van der Waals surface area contributed by atoms with Crippen LogP contribution in [-0.4, -0.2) is 34.9 Å². The van der Waals surface area contributed by atoms with E-state index in [9.17, 15) is 15.0 Å². The first-order valence-electron chi connectivity index (χ1n) is 20.9. The Hall–Kier alpha value is -0.870. The summed E-state index contributed by atoms with van der Waals surface area (Å²) < 4.78 is 0. The van der Waals surface area contributed by atoms with Crippen molar-refractivity contribution in [3.63, 3.8) is 0 Å². The highest BCUT2D eigenvalue weighted by Gasteiger charge is 2.19. The number of carbonyl (C=O) groups is 1. The van der Waals surface area contributed by atoms with Gasteiger partial charge >= 0.3 is 0 Å². The molecule has 0 bridgehead atoms. The van der Waals surface area contributed by atoms with Crippen molar-refractivity contribution >= 4 is 5.91 Å². The molecule has 2 atom stereocenters. The van der Waals surface area contributed by atoms with Crippen molar-refractivity contribution < 1.29 is 15.0 Å². The monoisotopic (exact) mass is 650 g/mol. The fraction of sp³-hybridized carbons (Fsp3) is 0.929. The van der Waals surface area contributed by atoms with Crippen LogP contribution in [0.3, 0.4) is 0 Å². The minimum Gasteiger partial charge on any atom is -0.394 e. The van der Waals surface area contributed by atoms with E-state index < -0.39 is 12.1 Å². The van der Waals surface area contributed by atoms with Crippen LogP contribution in [0, 0.1) is 0 Å². The highest BCUT2D eigenvalue weighted by atomic mass is 16.3. The Bertz CT molecular complexity index is 622. The van der Waals surface area contributed by atoms with Crippen molar-refractivity contribution in [3.8, 4) is 0 Å². The molecule has 4 heteroatoms. The molecule has 0 heterocycles. The number of carbonyl (C=O) groups excluding carboxylic acids is 1. The third-order valence-electron chi connectivity index (χ3n) is 9.78. The molecule has 0 aliphatic carbocycles. The molecule has 0 aliphatic rings. The summed E-state index contributed by atoms with van der Waals surface area (Å²) in [5.41, 5.74) is 0. The zero-order chi connectivity index (χ0) is 33.6. The molecule has 0 rings (SSSR count). The Morgan fingerprint density at radius 3 is 1.20 bits per heavy atom. The number of unbranched alkanes of at least 4 members (excludes halogenated alkanes) is 29. The van der Waals surface area contributed by atoms with Crippen molar-refractivity contribution in [1.29, 1.82) is 0 Å². The molecule has 0 spiro atoms. The SMILES string of the molecule is CCCCCCCC/C=C\CCCCCCCCCCCCCC(=O)N[C@@H](CO)[C@H](O)CCCCCCCCCCCCCCC. The second-order valence-electron chi connectivity index (χ2n) is 14.4. The van der Waals surface area contributed by atoms with Crippen LogP contribution in [0.15, 0.2) is 12.2 Å². The van der Waals surface area contributed by atoms with Crippen molar-refractivity contribution in [3.05, 3.63) is 12.2 Å². The molecule has 4 nitrogen and oxygen atoms in total. The van der Waals surface area contributed by atoms with Gasteiger partial charge in [0.05, 0.1) is 18.8 Å². The lowest BCUT2D eigenvalue weighted by atomic mass is 10.0. The minimum atomic E-state index is -0.654. The van der Waals surface area contributed by atoms with Crippen LogP contribution in [0.2, 0.25) is 0 Å². The molecule has 0 unspecified atom stereocenters. The van der Waals surface area contributed by atoms with E-state index in [4.69, 9.17) is 0 Å². The molecule has 0 radical (unpaired) electrons. The molecule has 274 valence electrons. The van der Waals surface area contributed by atoms with Crippen LogP contribution in [0.25, 0.3) is 0 Å². The summed E-state index contributed by atoms with van der Waals surface area (Å²) in [5.74, 6) is -0.0308. The quantitative estimate of drug-likeness (QED) is 0.0460. The molecule has 0 aromatic carbocycles. The van der Waals surface area contributed by atoms with Gasteiger partial charge in [-0.1, -0.05) is 199 Å². The van der Waals surface area contributed by atoms with Crippen LogP contribution >= 0.6 is 0 Å². The average Bonchev–Trinajstić information content (AvgIpc) is 3.06. The number of rotatable bonds is 38. The first kappa shape index (κ1) is 45.1. The van der Waals surface area contributed by atoms with Gasteiger partial charge in [0.25, 0.3) is 0 Å². The highest BCUT2D eigenvalue weighted by molar-refractivity contribution is 5.76. The normalized spacial score (nSPS) is 13.0. The minimum absolute atomic E-state index is 0.0308. The molecule has 46 heavy (non-hydrogen) atoms. The number of nitrogens with one attached hydrogen (secondary N) is 1. The molecular weight excluding hydrogens is 566 g/mol. The summed E-state index contributed by atoms with van der Waals surface area (Å²) in [7, 11) is 0. The van der Waals surface area contributed by atoms with Gasteiger partial charge in [0.15, 0.2) is 0 Å². The van der Waals surface area contributed by atoms with E-state index in [1.165, 1.54) is 180 Å². The lowest BCUT2D eigenvalue weighted by Crippen LogP contribution is -2.45. The lowest BCUT2D eigenvalue weighted by molar-refractivity contribution is -0.123. The van der Waals surface area contributed by atoms with Gasteiger partial charge in [-0.15, -0.1) is 0 Å². The van der Waals surface area contributed by atoms with E-state index >= 15 is 0 Å². The van der Waals surface area contributed by atoms with Gasteiger partial charge in [0.1, 0.15) is 0 Å². The maximum absolute atomic E-state index is 12.4.